The summed E-state index contributed by atoms with van der Waals surface area (Å²) in [6.07, 6.45) is 10.8. The van der Waals surface area contributed by atoms with E-state index in [0.717, 1.165) is 95.2 Å². The molecule has 10 heteroatoms. The molecule has 4 aromatic heterocycles. The molecule has 1 unspecified atom stereocenters. The van der Waals surface area contributed by atoms with Crippen molar-refractivity contribution in [1.29, 1.82) is 0 Å². The molecule has 10 nitrogen and oxygen atoms in total. The van der Waals surface area contributed by atoms with Gasteiger partial charge in [0.25, 0.3) is 5.56 Å². The lowest BCUT2D eigenvalue weighted by molar-refractivity contribution is 0.0984. The van der Waals surface area contributed by atoms with E-state index in [1.165, 1.54) is 0 Å². The molecule has 0 amide bonds. The van der Waals surface area contributed by atoms with E-state index in [9.17, 15) is 15.0 Å². The van der Waals surface area contributed by atoms with Crippen LogP contribution in [-0.2, 0) is 6.54 Å². The Morgan fingerprint density at radius 3 is 2.48 bits per heavy atom. The first kappa shape index (κ1) is 34.0. The van der Waals surface area contributed by atoms with Gasteiger partial charge in [-0.15, -0.1) is 6.58 Å². The predicted octanol–water partition coefficient (Wildman–Crippen LogP) is 7.47. The molecule has 6 aromatic rings. The number of oxazole rings is 1. The summed E-state index contributed by atoms with van der Waals surface area (Å²) < 4.78 is 7.95. The Morgan fingerprint density at radius 1 is 0.942 bits per heavy atom. The van der Waals surface area contributed by atoms with E-state index in [2.05, 4.69) is 53.8 Å². The topological polar surface area (TPSA) is 130 Å². The summed E-state index contributed by atoms with van der Waals surface area (Å²) in [7, 11) is 0. The number of aromatic nitrogens is 4. The predicted molar refractivity (Wildman–Crippen MR) is 205 cm³/mol. The lowest BCUT2D eigenvalue weighted by atomic mass is 9.82. The number of nitrogens with one attached hydrogen (secondary N) is 1. The molecule has 2 atom stereocenters. The van der Waals surface area contributed by atoms with Crippen LogP contribution in [-0.4, -0.2) is 59.9 Å². The van der Waals surface area contributed by atoms with Crippen molar-refractivity contribution in [2.45, 2.75) is 70.7 Å². The average molecular weight is 697 g/mol. The van der Waals surface area contributed by atoms with Crippen LogP contribution in [0, 0.1) is 19.8 Å². The van der Waals surface area contributed by atoms with Gasteiger partial charge in [-0.25, -0.2) is 9.97 Å². The van der Waals surface area contributed by atoms with Crippen molar-refractivity contribution < 1.29 is 14.6 Å². The first-order valence-corrected chi connectivity index (χ1v) is 18.2. The fourth-order valence-corrected chi connectivity index (χ4v) is 8.11. The molecule has 1 saturated carbocycles. The summed E-state index contributed by atoms with van der Waals surface area (Å²) >= 11 is 0. The monoisotopic (exact) mass is 696 g/mol. The van der Waals surface area contributed by atoms with Gasteiger partial charge in [-0.2, -0.15) is 0 Å². The quantitative estimate of drug-likeness (QED) is 0.132. The van der Waals surface area contributed by atoms with Gasteiger partial charge in [0.05, 0.1) is 18.2 Å². The normalized spacial score (nSPS) is 20.0. The molecule has 266 valence electrons. The lowest BCUT2D eigenvalue weighted by Gasteiger charge is -2.31. The number of benzene rings is 2. The fraction of sp³-hybridized carbons (Fsp3) is 0.333. The highest BCUT2D eigenvalue weighted by Crippen LogP contribution is 2.38. The molecule has 52 heavy (non-hydrogen) atoms. The number of anilines is 2. The zero-order valence-electron chi connectivity index (χ0n) is 29.6. The number of allylic oxidation sites excluding steroid dienone is 1. The third-order valence-corrected chi connectivity index (χ3v) is 11.0. The molecule has 0 bridgehead atoms. The summed E-state index contributed by atoms with van der Waals surface area (Å²) in [5, 5.41) is 24.5. The van der Waals surface area contributed by atoms with E-state index in [0.29, 0.717) is 29.4 Å². The van der Waals surface area contributed by atoms with Crippen LogP contribution in [0.4, 0.5) is 11.5 Å². The largest absolute Gasteiger partial charge is 0.436 e. The van der Waals surface area contributed by atoms with Gasteiger partial charge in [-0.05, 0) is 110 Å². The SMILES string of the molecule is C=CC([C@H]1CC[C@H](O)CC1)n1ccc2oc(-c3cccc(-c4cccc(Nc5nccc6cc(CN7CC[C@@H](O)C7)cnc56)c4C)c3C)nc2c1=O. The van der Waals surface area contributed by atoms with Crippen molar-refractivity contribution >= 4 is 33.5 Å². The maximum absolute atomic E-state index is 13.8. The van der Waals surface area contributed by atoms with Gasteiger partial charge in [0.15, 0.2) is 16.9 Å². The Hall–Kier alpha value is -5.16. The minimum Gasteiger partial charge on any atom is -0.436 e. The number of hydrogen-bond acceptors (Lipinski definition) is 9. The molecule has 1 aliphatic heterocycles. The van der Waals surface area contributed by atoms with Crippen molar-refractivity contribution in [3.8, 4) is 22.6 Å². The number of hydrogen-bond donors (Lipinski definition) is 3. The number of fused-ring (bicyclic) bond motifs is 2. The Balaban J connectivity index is 1.08. The van der Waals surface area contributed by atoms with Crippen LogP contribution < -0.4 is 10.9 Å². The zero-order valence-corrected chi connectivity index (χ0v) is 29.6. The lowest BCUT2D eigenvalue weighted by Crippen LogP contribution is -2.31. The van der Waals surface area contributed by atoms with Gasteiger partial charge in [-0.3, -0.25) is 14.7 Å². The molecule has 2 fully saturated rings. The molecule has 8 rings (SSSR count). The number of pyridine rings is 3. The first-order chi connectivity index (χ1) is 25.3. The summed E-state index contributed by atoms with van der Waals surface area (Å²) in [5.41, 5.74) is 8.31. The second-order valence-corrected chi connectivity index (χ2v) is 14.4. The van der Waals surface area contributed by atoms with Gasteiger partial charge in [0.1, 0.15) is 5.52 Å². The van der Waals surface area contributed by atoms with Gasteiger partial charge >= 0.3 is 0 Å². The zero-order chi connectivity index (χ0) is 35.9. The number of rotatable bonds is 9. The Kier molecular flexibility index (Phi) is 9.21. The molecule has 2 aliphatic rings. The first-order valence-electron chi connectivity index (χ1n) is 18.2. The van der Waals surface area contributed by atoms with Crippen LogP contribution in [0.3, 0.4) is 0 Å². The van der Waals surface area contributed by atoms with Crippen LogP contribution in [0.25, 0.3) is 44.6 Å². The van der Waals surface area contributed by atoms with Crippen molar-refractivity contribution in [3.63, 3.8) is 0 Å². The Morgan fingerprint density at radius 2 is 1.71 bits per heavy atom. The molecule has 1 saturated heterocycles. The van der Waals surface area contributed by atoms with Gasteiger partial charge in [0, 0.05) is 54.9 Å². The summed E-state index contributed by atoms with van der Waals surface area (Å²) in [6, 6.07) is 18.0. The summed E-state index contributed by atoms with van der Waals surface area (Å²) in [5.74, 6) is 1.32. The standard InChI is InChI=1S/C42H44N6O4/c1-4-36(28-11-13-30(49)14-12-28)48-20-17-37-39(42(48)51)46-41(52-37)34-9-5-7-32(25(34)2)33-8-6-10-35(26(33)3)45-40-38-29(15-18-43-40)21-27(22-44-38)23-47-19-16-31(50)24-47/h4-10,15,17-18,20-22,28,30-31,36,49-50H,1,11-14,16,19,23-24H2,2-3H3,(H,43,45)/t28-,30-,31-,36?/m1/s1. The smallest absolute Gasteiger partial charge is 0.281 e. The van der Waals surface area contributed by atoms with Crippen LogP contribution in [0.5, 0.6) is 0 Å². The Labute approximate surface area is 302 Å². The fourth-order valence-electron chi connectivity index (χ4n) is 8.11. The minimum atomic E-state index is -0.268. The number of likely N-dealkylation sites (tertiary alicyclic amines) is 1. The maximum Gasteiger partial charge on any atom is 0.281 e. The van der Waals surface area contributed by atoms with Crippen LogP contribution >= 0.6 is 0 Å². The van der Waals surface area contributed by atoms with E-state index in [-0.39, 0.29) is 29.7 Å². The van der Waals surface area contributed by atoms with Gasteiger partial charge < -0.3 is 24.5 Å². The second kappa shape index (κ2) is 14.1. The van der Waals surface area contributed by atoms with Crippen LogP contribution in [0.2, 0.25) is 0 Å². The third kappa shape index (κ3) is 6.42. The van der Waals surface area contributed by atoms with E-state index >= 15 is 0 Å². The van der Waals surface area contributed by atoms with Crippen molar-refractivity contribution in [2.75, 3.05) is 18.4 Å². The van der Waals surface area contributed by atoms with E-state index in [1.54, 1.807) is 17.0 Å². The number of β-amino-alcohol motifs (C(OH)–C–C–N with tert-alkyl or cyclic N) is 1. The highest BCUT2D eigenvalue weighted by Gasteiger charge is 2.28. The van der Waals surface area contributed by atoms with E-state index in [1.807, 2.05) is 48.7 Å². The van der Waals surface area contributed by atoms with Crippen molar-refractivity contribution in [1.82, 2.24) is 24.4 Å². The van der Waals surface area contributed by atoms with Crippen LogP contribution in [0.1, 0.15) is 54.8 Å². The van der Waals surface area contributed by atoms with Crippen molar-refractivity contribution in [2.24, 2.45) is 5.92 Å². The molecule has 5 heterocycles. The molecule has 3 N–H and O–H groups in total. The molecule has 0 spiro atoms. The number of nitrogens with zero attached hydrogens (tertiary/aromatic N) is 5. The third-order valence-electron chi connectivity index (χ3n) is 11.0. The molecular weight excluding hydrogens is 652 g/mol. The average Bonchev–Trinajstić information content (AvgIpc) is 3.77. The highest BCUT2D eigenvalue weighted by atomic mass is 16.3. The number of aliphatic hydroxyl groups excluding tert-OH is 2. The van der Waals surface area contributed by atoms with Crippen molar-refractivity contribution in [3.05, 3.63) is 113 Å². The summed E-state index contributed by atoms with van der Waals surface area (Å²) in [6.45, 7) is 10.5. The van der Waals surface area contributed by atoms with Crippen LogP contribution in [0.15, 0.2) is 95.1 Å². The Bertz CT molecular complexity index is 2340. The molecular formula is C42H44N6O4. The van der Waals surface area contributed by atoms with Gasteiger partial charge in [-0.1, -0.05) is 30.3 Å². The highest BCUT2D eigenvalue weighted by molar-refractivity contribution is 5.91. The number of aliphatic hydroxyl groups is 2. The molecule has 2 aromatic carbocycles. The molecule has 0 radical (unpaired) electrons. The molecule has 1 aliphatic carbocycles. The minimum absolute atomic E-state index is 0.175. The van der Waals surface area contributed by atoms with Gasteiger partial charge in [0.2, 0.25) is 5.89 Å². The van der Waals surface area contributed by atoms with E-state index < -0.39 is 0 Å². The summed E-state index contributed by atoms with van der Waals surface area (Å²) in [4.78, 5) is 30.3. The van der Waals surface area contributed by atoms with E-state index in [4.69, 9.17) is 14.4 Å². The maximum atomic E-state index is 13.8. The second-order valence-electron chi connectivity index (χ2n) is 14.4.